The third kappa shape index (κ3) is 5.61. The summed E-state index contributed by atoms with van der Waals surface area (Å²) < 4.78 is 37.9. The van der Waals surface area contributed by atoms with E-state index in [0.29, 0.717) is 30.8 Å². The van der Waals surface area contributed by atoms with E-state index in [1.807, 2.05) is 31.2 Å². The van der Waals surface area contributed by atoms with E-state index in [4.69, 9.17) is 9.47 Å². The highest BCUT2D eigenvalue weighted by molar-refractivity contribution is 7.89. The van der Waals surface area contributed by atoms with Crippen LogP contribution in [0.5, 0.6) is 11.5 Å². The van der Waals surface area contributed by atoms with Crippen LogP contribution in [-0.2, 0) is 21.2 Å². The van der Waals surface area contributed by atoms with Crippen LogP contribution in [-0.4, -0.2) is 45.9 Å². The van der Waals surface area contributed by atoms with E-state index in [-0.39, 0.29) is 23.3 Å². The van der Waals surface area contributed by atoms with Gasteiger partial charge < -0.3 is 14.8 Å². The van der Waals surface area contributed by atoms with E-state index in [0.717, 1.165) is 30.6 Å². The number of nitrogens with zero attached hydrogens (tertiary/aromatic N) is 1. The summed E-state index contributed by atoms with van der Waals surface area (Å²) >= 11 is 0. The highest BCUT2D eigenvalue weighted by Crippen LogP contribution is 2.27. The molecule has 0 saturated carbocycles. The van der Waals surface area contributed by atoms with Gasteiger partial charge in [0.25, 0.3) is 0 Å². The van der Waals surface area contributed by atoms with Crippen molar-refractivity contribution >= 4 is 15.9 Å². The summed E-state index contributed by atoms with van der Waals surface area (Å²) in [5.41, 5.74) is 1.72. The lowest BCUT2D eigenvalue weighted by molar-refractivity contribution is -0.121. The molecule has 0 spiro atoms. The predicted molar refractivity (Wildman–Crippen MR) is 123 cm³/mol. The van der Waals surface area contributed by atoms with Crippen molar-refractivity contribution in [2.45, 2.75) is 50.0 Å². The van der Waals surface area contributed by atoms with E-state index in [2.05, 4.69) is 5.32 Å². The molecule has 7 nitrogen and oxygen atoms in total. The first-order valence-electron chi connectivity index (χ1n) is 11.0. The van der Waals surface area contributed by atoms with Gasteiger partial charge >= 0.3 is 0 Å². The number of hydrogen-bond donors (Lipinski definition) is 1. The van der Waals surface area contributed by atoms with Crippen molar-refractivity contribution in [2.24, 2.45) is 0 Å². The monoisotopic (exact) mass is 460 g/mol. The standard InChI is InChI=1S/C24H32N2O5S/c1-4-22(18-7-10-20(30-2)11-8-18)25-24(27)14-9-19-17-21(12-13-23(19)31-3)32(28,29)26-15-5-6-16-26/h7-8,10-13,17,22H,4-6,9,14-16H2,1-3H3,(H,25,27). The number of methoxy groups -OCH3 is 2. The van der Waals surface area contributed by atoms with Crippen LogP contribution in [0.2, 0.25) is 0 Å². The number of amides is 1. The van der Waals surface area contributed by atoms with Crippen LogP contribution in [0.15, 0.2) is 47.4 Å². The lowest BCUT2D eigenvalue weighted by Crippen LogP contribution is -2.28. The summed E-state index contributed by atoms with van der Waals surface area (Å²) in [6.45, 7) is 3.12. The fourth-order valence-corrected chi connectivity index (χ4v) is 5.53. The van der Waals surface area contributed by atoms with Gasteiger partial charge in [-0.1, -0.05) is 19.1 Å². The van der Waals surface area contributed by atoms with Crippen LogP contribution >= 0.6 is 0 Å². The van der Waals surface area contributed by atoms with Gasteiger partial charge in [-0.15, -0.1) is 0 Å². The Balaban J connectivity index is 1.68. The minimum atomic E-state index is -3.52. The van der Waals surface area contributed by atoms with Crippen molar-refractivity contribution in [3.8, 4) is 11.5 Å². The molecule has 32 heavy (non-hydrogen) atoms. The Kier molecular flexibility index (Phi) is 8.15. The second-order valence-corrected chi connectivity index (χ2v) is 9.82. The summed E-state index contributed by atoms with van der Waals surface area (Å²) in [6, 6.07) is 12.4. The second kappa shape index (κ2) is 10.8. The largest absolute Gasteiger partial charge is 0.497 e. The molecule has 1 N–H and O–H groups in total. The highest BCUT2D eigenvalue weighted by Gasteiger charge is 2.28. The maximum absolute atomic E-state index is 12.9. The first kappa shape index (κ1) is 24.1. The minimum Gasteiger partial charge on any atom is -0.497 e. The number of carbonyl (C=O) groups excluding carboxylic acids is 1. The number of rotatable bonds is 10. The SMILES string of the molecule is CCC(NC(=O)CCc1cc(S(=O)(=O)N2CCCC2)ccc1OC)c1ccc(OC)cc1. The molecule has 8 heteroatoms. The fourth-order valence-electron chi connectivity index (χ4n) is 3.96. The van der Waals surface area contributed by atoms with Crippen molar-refractivity contribution in [2.75, 3.05) is 27.3 Å². The molecular weight excluding hydrogens is 428 g/mol. The molecule has 2 aromatic rings. The number of carbonyl (C=O) groups is 1. The molecule has 0 aliphatic carbocycles. The number of hydrogen-bond acceptors (Lipinski definition) is 5. The molecule has 0 radical (unpaired) electrons. The first-order chi connectivity index (χ1) is 15.4. The molecule has 174 valence electrons. The third-order valence-electron chi connectivity index (χ3n) is 5.84. The Bertz CT molecular complexity index is 1020. The van der Waals surface area contributed by atoms with Gasteiger partial charge in [-0.25, -0.2) is 8.42 Å². The minimum absolute atomic E-state index is 0.0949. The van der Waals surface area contributed by atoms with E-state index >= 15 is 0 Å². The van der Waals surface area contributed by atoms with E-state index < -0.39 is 10.0 Å². The van der Waals surface area contributed by atoms with E-state index in [9.17, 15) is 13.2 Å². The van der Waals surface area contributed by atoms with Crippen molar-refractivity contribution in [1.82, 2.24) is 9.62 Å². The zero-order valence-electron chi connectivity index (χ0n) is 19.0. The smallest absolute Gasteiger partial charge is 0.243 e. The van der Waals surface area contributed by atoms with Crippen LogP contribution in [0.1, 0.15) is 49.8 Å². The predicted octanol–water partition coefficient (Wildman–Crippen LogP) is 3.69. The third-order valence-corrected chi connectivity index (χ3v) is 7.73. The zero-order chi connectivity index (χ0) is 23.1. The molecule has 0 aromatic heterocycles. The van der Waals surface area contributed by atoms with Gasteiger partial charge in [-0.05, 0) is 67.1 Å². The van der Waals surface area contributed by atoms with Gasteiger partial charge in [0.05, 0.1) is 25.2 Å². The van der Waals surface area contributed by atoms with Crippen molar-refractivity contribution < 1.29 is 22.7 Å². The van der Waals surface area contributed by atoms with Gasteiger partial charge in [-0.3, -0.25) is 4.79 Å². The van der Waals surface area contributed by atoms with E-state index in [1.54, 1.807) is 32.4 Å². The average molecular weight is 461 g/mol. The molecule has 1 atom stereocenters. The Morgan fingerprint density at radius 2 is 1.75 bits per heavy atom. The van der Waals surface area contributed by atoms with Crippen molar-refractivity contribution in [1.29, 1.82) is 0 Å². The van der Waals surface area contributed by atoms with Gasteiger partial charge in [0.2, 0.25) is 15.9 Å². The Labute approximate surface area is 190 Å². The van der Waals surface area contributed by atoms with Crippen LogP contribution in [0.4, 0.5) is 0 Å². The quantitative estimate of drug-likeness (QED) is 0.585. The molecule has 0 bridgehead atoms. The molecule has 1 saturated heterocycles. The van der Waals surface area contributed by atoms with Gasteiger partial charge in [0, 0.05) is 19.5 Å². The topological polar surface area (TPSA) is 84.9 Å². The summed E-state index contributed by atoms with van der Waals surface area (Å²) in [5.74, 6) is 1.26. The Morgan fingerprint density at radius 1 is 1.06 bits per heavy atom. The highest BCUT2D eigenvalue weighted by atomic mass is 32.2. The Morgan fingerprint density at radius 3 is 2.34 bits per heavy atom. The van der Waals surface area contributed by atoms with Gasteiger partial charge in [0.1, 0.15) is 11.5 Å². The number of ether oxygens (including phenoxy) is 2. The number of sulfonamides is 1. The van der Waals surface area contributed by atoms with Gasteiger partial charge in [-0.2, -0.15) is 4.31 Å². The molecule has 1 unspecified atom stereocenters. The zero-order valence-corrected chi connectivity index (χ0v) is 19.8. The van der Waals surface area contributed by atoms with Crippen molar-refractivity contribution in [3.63, 3.8) is 0 Å². The molecule has 1 fully saturated rings. The number of aryl methyl sites for hydroxylation is 1. The number of nitrogens with one attached hydrogen (secondary N) is 1. The first-order valence-corrected chi connectivity index (χ1v) is 12.4. The second-order valence-electron chi connectivity index (χ2n) is 7.89. The summed E-state index contributed by atoms with van der Waals surface area (Å²) in [5, 5.41) is 3.07. The normalized spacial score (nSPS) is 15.3. The fraction of sp³-hybridized carbons (Fsp3) is 0.458. The lowest BCUT2D eigenvalue weighted by Gasteiger charge is -2.19. The molecule has 1 heterocycles. The molecule has 1 aliphatic rings. The van der Waals surface area contributed by atoms with Crippen LogP contribution in [0.25, 0.3) is 0 Å². The van der Waals surface area contributed by atoms with E-state index in [1.165, 1.54) is 4.31 Å². The van der Waals surface area contributed by atoms with Crippen LogP contribution in [0.3, 0.4) is 0 Å². The summed E-state index contributed by atoms with van der Waals surface area (Å²) in [7, 11) is -0.358. The maximum atomic E-state index is 12.9. The number of benzene rings is 2. The molecule has 3 rings (SSSR count). The molecule has 2 aromatic carbocycles. The van der Waals surface area contributed by atoms with Crippen LogP contribution in [0, 0.1) is 0 Å². The van der Waals surface area contributed by atoms with Crippen LogP contribution < -0.4 is 14.8 Å². The lowest BCUT2D eigenvalue weighted by atomic mass is 10.0. The molecular formula is C24H32N2O5S. The average Bonchev–Trinajstić information content (AvgIpc) is 3.37. The summed E-state index contributed by atoms with van der Waals surface area (Å²) in [4.78, 5) is 12.9. The summed E-state index contributed by atoms with van der Waals surface area (Å²) in [6.07, 6.45) is 3.14. The Hall–Kier alpha value is -2.58. The molecule has 1 amide bonds. The molecule has 1 aliphatic heterocycles. The maximum Gasteiger partial charge on any atom is 0.243 e. The van der Waals surface area contributed by atoms with Crippen molar-refractivity contribution in [3.05, 3.63) is 53.6 Å². The van der Waals surface area contributed by atoms with Gasteiger partial charge in [0.15, 0.2) is 0 Å².